The van der Waals surface area contributed by atoms with Crippen LogP contribution in [-0.4, -0.2) is 24.8 Å². The number of benzene rings is 1. The molecule has 1 aromatic rings. The molecule has 0 amide bonds. The smallest absolute Gasteiger partial charge is 0.176 e. The van der Waals surface area contributed by atoms with Gasteiger partial charge in [0.15, 0.2) is 5.78 Å². The van der Waals surface area contributed by atoms with E-state index in [4.69, 9.17) is 4.74 Å². The lowest BCUT2D eigenvalue weighted by Crippen LogP contribution is -2.34. The standard InChI is InChI=1S/C12H11IO3/c13-10-4-2-1-3-8(10)12(15)9-7-16-6-5-11(9)14/h1-4,9H,5-7H2. The molecule has 2 rings (SSSR count). The molecule has 1 unspecified atom stereocenters. The lowest BCUT2D eigenvalue weighted by molar-refractivity contribution is -0.128. The van der Waals surface area contributed by atoms with E-state index >= 15 is 0 Å². The summed E-state index contributed by atoms with van der Waals surface area (Å²) in [6.07, 6.45) is 0.347. The molecule has 1 aliphatic heterocycles. The minimum absolute atomic E-state index is 0.00379. The molecule has 0 radical (unpaired) electrons. The van der Waals surface area contributed by atoms with Crippen molar-refractivity contribution in [2.75, 3.05) is 13.2 Å². The first kappa shape index (κ1) is 11.7. The van der Waals surface area contributed by atoms with Gasteiger partial charge in [0.2, 0.25) is 0 Å². The molecule has 1 aliphatic rings. The Kier molecular flexibility index (Phi) is 3.70. The maximum Gasteiger partial charge on any atom is 0.176 e. The summed E-state index contributed by atoms with van der Waals surface area (Å²) < 4.78 is 6.07. The first-order valence-electron chi connectivity index (χ1n) is 5.09. The van der Waals surface area contributed by atoms with Crippen LogP contribution in [0.3, 0.4) is 0 Å². The van der Waals surface area contributed by atoms with Crippen molar-refractivity contribution in [3.63, 3.8) is 0 Å². The summed E-state index contributed by atoms with van der Waals surface area (Å²) in [5.74, 6) is -0.727. The normalized spacial score (nSPS) is 20.8. The Bertz CT molecular complexity index is 428. The number of ether oxygens (including phenoxy) is 1. The molecule has 1 aromatic carbocycles. The second-order valence-electron chi connectivity index (χ2n) is 3.69. The number of Topliss-reactive ketones (excluding diaryl/α,β-unsaturated/α-hetero) is 2. The van der Waals surface area contributed by atoms with Crippen LogP contribution in [0.1, 0.15) is 16.8 Å². The molecule has 1 fully saturated rings. The molecule has 0 bridgehead atoms. The highest BCUT2D eigenvalue weighted by atomic mass is 127. The molecule has 0 saturated carbocycles. The monoisotopic (exact) mass is 330 g/mol. The Morgan fingerprint density at radius 2 is 2.12 bits per heavy atom. The second kappa shape index (κ2) is 5.05. The fourth-order valence-electron chi connectivity index (χ4n) is 1.71. The van der Waals surface area contributed by atoms with Crippen LogP contribution < -0.4 is 0 Å². The van der Waals surface area contributed by atoms with Crippen LogP contribution >= 0.6 is 22.6 Å². The lowest BCUT2D eigenvalue weighted by Gasteiger charge is -2.20. The van der Waals surface area contributed by atoms with E-state index in [1.165, 1.54) is 0 Å². The highest BCUT2D eigenvalue weighted by Crippen LogP contribution is 2.20. The quantitative estimate of drug-likeness (QED) is 0.474. The Morgan fingerprint density at radius 3 is 2.81 bits per heavy atom. The fourth-order valence-corrected chi connectivity index (χ4v) is 2.36. The van der Waals surface area contributed by atoms with Gasteiger partial charge >= 0.3 is 0 Å². The SMILES string of the molecule is O=C1CCOCC1C(=O)c1ccccc1I. The van der Waals surface area contributed by atoms with Gasteiger partial charge in [-0.1, -0.05) is 18.2 Å². The van der Waals surface area contributed by atoms with E-state index in [1.54, 1.807) is 6.07 Å². The van der Waals surface area contributed by atoms with Gasteiger partial charge in [-0.3, -0.25) is 9.59 Å². The first-order chi connectivity index (χ1) is 7.70. The maximum atomic E-state index is 12.1. The average molecular weight is 330 g/mol. The molecule has 3 nitrogen and oxygen atoms in total. The van der Waals surface area contributed by atoms with Crippen molar-refractivity contribution in [3.05, 3.63) is 33.4 Å². The molecular formula is C12H11IO3. The van der Waals surface area contributed by atoms with Gasteiger partial charge in [0, 0.05) is 15.6 Å². The van der Waals surface area contributed by atoms with E-state index in [-0.39, 0.29) is 18.2 Å². The summed E-state index contributed by atoms with van der Waals surface area (Å²) in [4.78, 5) is 23.7. The molecule has 1 atom stereocenters. The van der Waals surface area contributed by atoms with Gasteiger partial charge in [0.05, 0.1) is 13.2 Å². The highest BCUT2D eigenvalue weighted by Gasteiger charge is 2.31. The predicted molar refractivity (Wildman–Crippen MR) is 67.4 cm³/mol. The van der Waals surface area contributed by atoms with E-state index < -0.39 is 5.92 Å². The van der Waals surface area contributed by atoms with Crippen molar-refractivity contribution in [3.8, 4) is 0 Å². The number of rotatable bonds is 2. The molecule has 0 N–H and O–H groups in total. The minimum atomic E-state index is -0.607. The third kappa shape index (κ3) is 2.32. The highest BCUT2D eigenvalue weighted by molar-refractivity contribution is 14.1. The van der Waals surface area contributed by atoms with Gasteiger partial charge in [0.25, 0.3) is 0 Å². The topological polar surface area (TPSA) is 43.4 Å². The largest absolute Gasteiger partial charge is 0.380 e. The van der Waals surface area contributed by atoms with Crippen molar-refractivity contribution >= 4 is 34.2 Å². The molecule has 0 spiro atoms. The molecule has 4 heteroatoms. The number of carbonyl (C=O) groups is 2. The van der Waals surface area contributed by atoms with Crippen molar-refractivity contribution in [1.82, 2.24) is 0 Å². The first-order valence-corrected chi connectivity index (χ1v) is 6.17. The zero-order valence-corrected chi connectivity index (χ0v) is 10.8. The zero-order chi connectivity index (χ0) is 11.5. The van der Waals surface area contributed by atoms with Crippen molar-refractivity contribution in [2.45, 2.75) is 6.42 Å². The van der Waals surface area contributed by atoms with Gasteiger partial charge < -0.3 is 4.74 Å². The average Bonchev–Trinajstić information content (AvgIpc) is 2.29. The third-order valence-corrected chi connectivity index (χ3v) is 3.56. The molecule has 0 aliphatic carbocycles. The van der Waals surface area contributed by atoms with Crippen molar-refractivity contribution in [1.29, 1.82) is 0 Å². The van der Waals surface area contributed by atoms with Crippen LogP contribution in [0.5, 0.6) is 0 Å². The third-order valence-electron chi connectivity index (χ3n) is 2.62. The number of hydrogen-bond donors (Lipinski definition) is 0. The predicted octanol–water partition coefficient (Wildman–Crippen LogP) is 2.08. The Hall–Kier alpha value is -0.750. The van der Waals surface area contributed by atoms with Crippen LogP contribution in [0.2, 0.25) is 0 Å². The van der Waals surface area contributed by atoms with E-state index in [2.05, 4.69) is 22.6 Å². The van der Waals surface area contributed by atoms with Gasteiger partial charge in [-0.05, 0) is 28.7 Å². The number of ketones is 2. The van der Waals surface area contributed by atoms with Crippen molar-refractivity contribution < 1.29 is 14.3 Å². The molecule has 1 saturated heterocycles. The molecule has 1 heterocycles. The van der Waals surface area contributed by atoms with Crippen LogP contribution in [-0.2, 0) is 9.53 Å². The Morgan fingerprint density at radius 1 is 1.38 bits per heavy atom. The van der Waals surface area contributed by atoms with Gasteiger partial charge in [-0.15, -0.1) is 0 Å². The van der Waals surface area contributed by atoms with E-state index in [9.17, 15) is 9.59 Å². The van der Waals surface area contributed by atoms with Gasteiger partial charge in [0.1, 0.15) is 11.7 Å². The minimum Gasteiger partial charge on any atom is -0.380 e. The molecule has 84 valence electrons. The summed E-state index contributed by atoms with van der Waals surface area (Å²) in [5, 5.41) is 0. The van der Waals surface area contributed by atoms with Crippen molar-refractivity contribution in [2.24, 2.45) is 5.92 Å². The van der Waals surface area contributed by atoms with Crippen LogP contribution in [0.25, 0.3) is 0 Å². The van der Waals surface area contributed by atoms with E-state index in [0.717, 1.165) is 3.57 Å². The summed E-state index contributed by atoms with van der Waals surface area (Å²) in [6, 6.07) is 7.30. The zero-order valence-electron chi connectivity index (χ0n) is 8.61. The Balaban J connectivity index is 2.25. The van der Waals surface area contributed by atoms with Crippen LogP contribution in [0.4, 0.5) is 0 Å². The van der Waals surface area contributed by atoms with Gasteiger partial charge in [-0.2, -0.15) is 0 Å². The fraction of sp³-hybridized carbons (Fsp3) is 0.333. The molecular weight excluding hydrogens is 319 g/mol. The second-order valence-corrected chi connectivity index (χ2v) is 4.85. The number of hydrogen-bond acceptors (Lipinski definition) is 3. The summed E-state index contributed by atoms with van der Waals surface area (Å²) in [5.41, 5.74) is 0.618. The summed E-state index contributed by atoms with van der Waals surface area (Å²) in [6.45, 7) is 0.664. The molecule has 0 aromatic heterocycles. The van der Waals surface area contributed by atoms with Crippen LogP contribution in [0, 0.1) is 9.49 Å². The Labute approximate surface area is 107 Å². The summed E-state index contributed by atoms with van der Waals surface area (Å²) in [7, 11) is 0. The maximum absolute atomic E-state index is 12.1. The lowest BCUT2D eigenvalue weighted by atomic mass is 9.91. The number of carbonyl (C=O) groups excluding carboxylic acids is 2. The van der Waals surface area contributed by atoms with E-state index in [1.807, 2.05) is 18.2 Å². The molecule has 16 heavy (non-hydrogen) atoms. The van der Waals surface area contributed by atoms with Crippen LogP contribution in [0.15, 0.2) is 24.3 Å². The summed E-state index contributed by atoms with van der Waals surface area (Å²) >= 11 is 2.11. The van der Waals surface area contributed by atoms with E-state index in [0.29, 0.717) is 18.6 Å². The number of halogens is 1. The van der Waals surface area contributed by atoms with Gasteiger partial charge in [-0.25, -0.2) is 0 Å².